The summed E-state index contributed by atoms with van der Waals surface area (Å²) >= 11 is 1.88. The second-order valence-electron chi connectivity index (χ2n) is 13.3. The maximum atomic E-state index is 2.44. The standard InChI is InChI=1S/C46H30.C4H10S/c1-4-16-31(17-5-1)43-37-24-12-14-26-39(37)44(40-27-15-13-25-38(40)43)34-28-29-41-42(30-34)35-22-10-11-23-36(35)45(32-18-6-2-7-19-32)46(41)33-20-8-3-9-21-33;1-4(2)5-3/h1-30H;4H,1-3H3. The molecule has 9 aromatic carbocycles. The molecule has 0 nitrogen and oxygen atoms in total. The minimum Gasteiger partial charge on any atom is -0.163 e. The summed E-state index contributed by atoms with van der Waals surface area (Å²) in [7, 11) is 0. The summed E-state index contributed by atoms with van der Waals surface area (Å²) in [6, 6.07) is 66.4. The zero-order valence-corrected chi connectivity index (χ0v) is 30.1. The molecule has 9 rings (SSSR count). The van der Waals surface area contributed by atoms with Crippen LogP contribution in [0.4, 0.5) is 0 Å². The molecule has 246 valence electrons. The third-order valence-electron chi connectivity index (χ3n) is 9.90. The van der Waals surface area contributed by atoms with Gasteiger partial charge in [-0.3, -0.25) is 0 Å². The molecule has 0 fully saturated rings. The first-order valence-corrected chi connectivity index (χ1v) is 19.0. The summed E-state index contributed by atoms with van der Waals surface area (Å²) in [5.41, 5.74) is 10.1. The highest BCUT2D eigenvalue weighted by Gasteiger charge is 2.20. The van der Waals surface area contributed by atoms with Crippen molar-refractivity contribution in [2.24, 2.45) is 0 Å². The molecule has 0 aromatic heterocycles. The van der Waals surface area contributed by atoms with Crippen LogP contribution in [0.2, 0.25) is 0 Å². The molecule has 0 aliphatic carbocycles. The van der Waals surface area contributed by atoms with E-state index in [0.717, 1.165) is 5.25 Å². The van der Waals surface area contributed by atoms with Gasteiger partial charge in [0.2, 0.25) is 0 Å². The lowest BCUT2D eigenvalue weighted by atomic mass is 9.82. The zero-order chi connectivity index (χ0) is 34.7. The second-order valence-corrected chi connectivity index (χ2v) is 14.7. The SMILES string of the molecule is CSC(C)C.c1ccc(-c2c3ccccc3c(-c3ccc4c(-c5ccccc5)c(-c5ccccc5)c5ccccc5c4c3)c3ccccc23)cc1. The summed E-state index contributed by atoms with van der Waals surface area (Å²) in [6.07, 6.45) is 2.12. The van der Waals surface area contributed by atoms with Gasteiger partial charge in [-0.15, -0.1) is 0 Å². The van der Waals surface area contributed by atoms with Gasteiger partial charge in [0, 0.05) is 0 Å². The second kappa shape index (κ2) is 14.3. The minimum atomic E-state index is 0.801. The van der Waals surface area contributed by atoms with Crippen LogP contribution < -0.4 is 0 Å². The van der Waals surface area contributed by atoms with E-state index in [2.05, 4.69) is 202 Å². The highest BCUT2D eigenvalue weighted by atomic mass is 32.2. The van der Waals surface area contributed by atoms with Crippen molar-refractivity contribution >= 4 is 54.9 Å². The van der Waals surface area contributed by atoms with Gasteiger partial charge >= 0.3 is 0 Å². The van der Waals surface area contributed by atoms with Crippen LogP contribution in [0.3, 0.4) is 0 Å². The molecule has 0 atom stereocenters. The fourth-order valence-electron chi connectivity index (χ4n) is 7.51. The molecule has 0 saturated carbocycles. The van der Waals surface area contributed by atoms with Crippen LogP contribution in [0.5, 0.6) is 0 Å². The molecule has 0 N–H and O–H groups in total. The number of hydrogen-bond acceptors (Lipinski definition) is 1. The molecule has 1 heteroatoms. The molecule has 0 amide bonds. The summed E-state index contributed by atoms with van der Waals surface area (Å²) < 4.78 is 0. The average Bonchev–Trinajstić information content (AvgIpc) is 3.20. The summed E-state index contributed by atoms with van der Waals surface area (Å²) in [6.45, 7) is 4.37. The van der Waals surface area contributed by atoms with Gasteiger partial charge in [0.1, 0.15) is 0 Å². The number of benzene rings is 9. The van der Waals surface area contributed by atoms with Gasteiger partial charge in [-0.25, -0.2) is 0 Å². The average molecular weight is 673 g/mol. The van der Waals surface area contributed by atoms with Gasteiger partial charge in [0.05, 0.1) is 0 Å². The van der Waals surface area contributed by atoms with E-state index in [9.17, 15) is 0 Å². The van der Waals surface area contributed by atoms with Crippen molar-refractivity contribution in [2.45, 2.75) is 19.1 Å². The van der Waals surface area contributed by atoms with Crippen molar-refractivity contribution in [2.75, 3.05) is 6.26 Å². The van der Waals surface area contributed by atoms with Crippen LogP contribution >= 0.6 is 11.8 Å². The van der Waals surface area contributed by atoms with E-state index in [1.54, 1.807) is 0 Å². The summed E-state index contributed by atoms with van der Waals surface area (Å²) in [4.78, 5) is 0. The molecular formula is C50H40S. The lowest BCUT2D eigenvalue weighted by molar-refractivity contribution is 1.12. The van der Waals surface area contributed by atoms with Gasteiger partial charge in [0.15, 0.2) is 0 Å². The minimum absolute atomic E-state index is 0.801. The van der Waals surface area contributed by atoms with Gasteiger partial charge in [-0.2, -0.15) is 11.8 Å². The first-order chi connectivity index (χ1) is 25.1. The first-order valence-electron chi connectivity index (χ1n) is 17.8. The van der Waals surface area contributed by atoms with Gasteiger partial charge < -0.3 is 0 Å². The number of rotatable bonds is 5. The van der Waals surface area contributed by atoms with Crippen LogP contribution in [0.25, 0.3) is 87.6 Å². The van der Waals surface area contributed by atoms with E-state index in [4.69, 9.17) is 0 Å². The molecule has 0 aliphatic heterocycles. The van der Waals surface area contributed by atoms with Gasteiger partial charge in [0.25, 0.3) is 0 Å². The maximum Gasteiger partial charge on any atom is -0.00125 e. The maximum absolute atomic E-state index is 2.44. The highest BCUT2D eigenvalue weighted by Crippen LogP contribution is 2.48. The summed E-state index contributed by atoms with van der Waals surface area (Å²) in [5, 5.41) is 11.0. The predicted octanol–water partition coefficient (Wildman–Crippen LogP) is 14.7. The Morgan fingerprint density at radius 1 is 0.294 bits per heavy atom. The van der Waals surface area contributed by atoms with E-state index in [0.29, 0.717) is 0 Å². The first kappa shape index (κ1) is 32.6. The molecule has 9 aromatic rings. The number of thioether (sulfide) groups is 1. The van der Waals surface area contributed by atoms with Crippen LogP contribution in [-0.4, -0.2) is 11.5 Å². The molecule has 0 saturated heterocycles. The smallest absolute Gasteiger partial charge is 0.00125 e. The Kier molecular flexibility index (Phi) is 9.14. The van der Waals surface area contributed by atoms with Crippen molar-refractivity contribution in [1.82, 2.24) is 0 Å². The Hall–Kier alpha value is -5.63. The van der Waals surface area contributed by atoms with Crippen molar-refractivity contribution < 1.29 is 0 Å². The van der Waals surface area contributed by atoms with Crippen LogP contribution in [0.1, 0.15) is 13.8 Å². The topological polar surface area (TPSA) is 0 Å². The third-order valence-corrected chi connectivity index (χ3v) is 10.8. The molecule has 0 radical (unpaired) electrons. The van der Waals surface area contributed by atoms with Crippen molar-refractivity contribution in [1.29, 1.82) is 0 Å². The molecule has 0 bridgehead atoms. The van der Waals surface area contributed by atoms with Crippen molar-refractivity contribution in [3.63, 3.8) is 0 Å². The van der Waals surface area contributed by atoms with E-state index in [-0.39, 0.29) is 0 Å². The monoisotopic (exact) mass is 672 g/mol. The molecule has 0 unspecified atom stereocenters. The normalized spacial score (nSPS) is 11.3. The molecule has 0 aliphatic rings. The molecule has 0 spiro atoms. The molecular weight excluding hydrogens is 633 g/mol. The van der Waals surface area contributed by atoms with Crippen LogP contribution in [-0.2, 0) is 0 Å². The lowest BCUT2D eigenvalue weighted by Crippen LogP contribution is -1.93. The van der Waals surface area contributed by atoms with E-state index in [1.807, 2.05) is 11.8 Å². The third kappa shape index (κ3) is 6.09. The quantitative estimate of drug-likeness (QED) is 0.130. The Morgan fingerprint density at radius 3 is 0.980 bits per heavy atom. The Morgan fingerprint density at radius 2 is 0.588 bits per heavy atom. The highest BCUT2D eigenvalue weighted by molar-refractivity contribution is 7.99. The molecule has 51 heavy (non-hydrogen) atoms. The van der Waals surface area contributed by atoms with E-state index >= 15 is 0 Å². The summed E-state index contributed by atoms with van der Waals surface area (Å²) in [5.74, 6) is 0. The Labute approximate surface area is 305 Å². The Balaban J connectivity index is 0.000000702. The largest absolute Gasteiger partial charge is 0.163 e. The van der Waals surface area contributed by atoms with Crippen LogP contribution in [0, 0.1) is 0 Å². The fourth-order valence-corrected chi connectivity index (χ4v) is 7.51. The number of fused-ring (bicyclic) bond motifs is 5. The van der Waals surface area contributed by atoms with E-state index < -0.39 is 0 Å². The zero-order valence-electron chi connectivity index (χ0n) is 29.3. The van der Waals surface area contributed by atoms with Crippen LogP contribution in [0.15, 0.2) is 182 Å². The lowest BCUT2D eigenvalue weighted by Gasteiger charge is -2.21. The van der Waals surface area contributed by atoms with Gasteiger partial charge in [-0.1, -0.05) is 190 Å². The number of hydrogen-bond donors (Lipinski definition) is 0. The van der Waals surface area contributed by atoms with Crippen molar-refractivity contribution in [3.05, 3.63) is 182 Å². The fraction of sp³-hybridized carbons (Fsp3) is 0.0800. The predicted molar refractivity (Wildman–Crippen MR) is 227 cm³/mol. The molecule has 0 heterocycles. The van der Waals surface area contributed by atoms with E-state index in [1.165, 1.54) is 87.6 Å². The Bertz CT molecular complexity index is 2560. The van der Waals surface area contributed by atoms with Crippen molar-refractivity contribution in [3.8, 4) is 44.5 Å². The van der Waals surface area contributed by atoms with Gasteiger partial charge in [-0.05, 0) is 105 Å².